The number of anilines is 1. The number of hydrogen-bond donors (Lipinski definition) is 0. The van der Waals surface area contributed by atoms with Gasteiger partial charge in [0.2, 0.25) is 5.91 Å². The smallest absolute Gasteiger partial charge is 0.417 e. The molecule has 1 amide bonds. The van der Waals surface area contributed by atoms with E-state index in [2.05, 4.69) is 41.1 Å². The molecule has 2 atom stereocenters. The maximum atomic E-state index is 13.2. The number of carbonyl (C=O) groups is 1. The fourth-order valence-corrected chi connectivity index (χ4v) is 5.56. The van der Waals surface area contributed by atoms with Crippen molar-refractivity contribution in [2.24, 2.45) is 0 Å². The maximum absolute atomic E-state index is 13.2. The lowest BCUT2D eigenvalue weighted by Gasteiger charge is -2.45. The first kappa shape index (κ1) is 26.3. The first-order valence-corrected chi connectivity index (χ1v) is 13.0. The fraction of sp³-hybridized carbons (Fsp3) is 0.448. The van der Waals surface area contributed by atoms with Crippen LogP contribution in [-0.2, 0) is 11.0 Å². The van der Waals surface area contributed by atoms with Gasteiger partial charge in [-0.2, -0.15) is 13.2 Å². The summed E-state index contributed by atoms with van der Waals surface area (Å²) in [5.74, 6) is 1.55. The second-order valence-electron chi connectivity index (χ2n) is 10.5. The van der Waals surface area contributed by atoms with Crippen LogP contribution in [-0.4, -0.2) is 65.5 Å². The van der Waals surface area contributed by atoms with Gasteiger partial charge >= 0.3 is 6.18 Å². The van der Waals surface area contributed by atoms with E-state index in [1.54, 1.807) is 0 Å². The molecule has 1 aromatic carbocycles. The Morgan fingerprint density at radius 1 is 1.11 bits per heavy atom. The van der Waals surface area contributed by atoms with Crippen LogP contribution in [0, 0.1) is 13.8 Å². The molecule has 2 aliphatic heterocycles. The number of fused-ring (bicyclic) bond motifs is 1. The third-order valence-electron chi connectivity index (χ3n) is 7.93. The molecule has 38 heavy (non-hydrogen) atoms. The number of nitrogens with zero attached hydrogens (tertiary/aromatic N) is 4. The summed E-state index contributed by atoms with van der Waals surface area (Å²) in [5.41, 5.74) is 3.67. The quantitative estimate of drug-likeness (QED) is 0.438. The number of aromatic nitrogens is 1. The highest BCUT2D eigenvalue weighted by atomic mass is 19.4. The van der Waals surface area contributed by atoms with E-state index in [0.717, 1.165) is 41.0 Å². The SMILES string of the molecule is Cc1oc2cc(C3=CCN(C(=O)CN4[C@H](C)CN(c5ccc(C(F)(F)F)cn5)C[C@@H]4C)CC3)ccc2c1C. The molecule has 0 N–H and O–H groups in total. The Morgan fingerprint density at radius 2 is 1.84 bits per heavy atom. The predicted molar refractivity (Wildman–Crippen MR) is 142 cm³/mol. The van der Waals surface area contributed by atoms with Crippen molar-refractivity contribution in [2.45, 2.75) is 52.4 Å². The van der Waals surface area contributed by atoms with E-state index in [4.69, 9.17) is 4.42 Å². The van der Waals surface area contributed by atoms with Crippen molar-refractivity contribution in [1.82, 2.24) is 14.8 Å². The topological polar surface area (TPSA) is 52.8 Å². The first-order valence-electron chi connectivity index (χ1n) is 13.0. The van der Waals surface area contributed by atoms with Gasteiger partial charge in [0.05, 0.1) is 12.1 Å². The molecular formula is C29H33F3N4O2. The highest BCUT2D eigenvalue weighted by Crippen LogP contribution is 2.31. The zero-order valence-electron chi connectivity index (χ0n) is 22.2. The van der Waals surface area contributed by atoms with Crippen molar-refractivity contribution in [3.05, 3.63) is 65.1 Å². The predicted octanol–water partition coefficient (Wildman–Crippen LogP) is 5.68. The number of amides is 1. The lowest BCUT2D eigenvalue weighted by atomic mass is 9.98. The van der Waals surface area contributed by atoms with Gasteiger partial charge in [-0.1, -0.05) is 18.2 Å². The van der Waals surface area contributed by atoms with Gasteiger partial charge in [0, 0.05) is 49.8 Å². The Labute approximate surface area is 220 Å². The Hall–Kier alpha value is -3.33. The highest BCUT2D eigenvalue weighted by Gasteiger charge is 2.34. The largest absolute Gasteiger partial charge is 0.461 e. The summed E-state index contributed by atoms with van der Waals surface area (Å²) in [5, 5.41) is 1.14. The number of halogens is 3. The number of aryl methyl sites for hydroxylation is 2. The summed E-state index contributed by atoms with van der Waals surface area (Å²) in [7, 11) is 0. The Balaban J connectivity index is 1.19. The van der Waals surface area contributed by atoms with Crippen LogP contribution in [0.2, 0.25) is 0 Å². The number of alkyl halides is 3. The minimum atomic E-state index is -4.40. The summed E-state index contributed by atoms with van der Waals surface area (Å²) in [6, 6.07) is 8.92. The van der Waals surface area contributed by atoms with Crippen molar-refractivity contribution in [2.75, 3.05) is 37.6 Å². The maximum Gasteiger partial charge on any atom is 0.417 e. The molecule has 0 aliphatic carbocycles. The number of hydrogen-bond acceptors (Lipinski definition) is 5. The minimum Gasteiger partial charge on any atom is -0.461 e. The van der Waals surface area contributed by atoms with Crippen molar-refractivity contribution < 1.29 is 22.4 Å². The van der Waals surface area contributed by atoms with Crippen LogP contribution in [0.3, 0.4) is 0 Å². The Morgan fingerprint density at radius 3 is 2.45 bits per heavy atom. The molecule has 0 spiro atoms. The monoisotopic (exact) mass is 526 g/mol. The molecule has 202 valence electrons. The summed E-state index contributed by atoms with van der Waals surface area (Å²) in [4.78, 5) is 23.3. The number of pyridine rings is 1. The molecule has 2 aliphatic rings. The molecule has 0 radical (unpaired) electrons. The van der Waals surface area contributed by atoms with Gasteiger partial charge in [-0.15, -0.1) is 0 Å². The van der Waals surface area contributed by atoms with Crippen LogP contribution in [0.15, 0.2) is 47.0 Å². The molecule has 2 aromatic heterocycles. The van der Waals surface area contributed by atoms with Gasteiger partial charge in [-0.25, -0.2) is 4.98 Å². The van der Waals surface area contributed by atoms with Crippen LogP contribution >= 0.6 is 0 Å². The fourth-order valence-electron chi connectivity index (χ4n) is 5.56. The molecule has 6 nitrogen and oxygen atoms in total. The van der Waals surface area contributed by atoms with Crippen LogP contribution in [0.1, 0.15) is 42.7 Å². The molecule has 1 saturated heterocycles. The third kappa shape index (κ3) is 5.16. The summed E-state index contributed by atoms with van der Waals surface area (Å²) >= 11 is 0. The van der Waals surface area contributed by atoms with Crippen LogP contribution in [0.4, 0.5) is 19.0 Å². The lowest BCUT2D eigenvalue weighted by molar-refractivity contribution is -0.137. The van der Waals surface area contributed by atoms with E-state index in [-0.39, 0.29) is 18.0 Å². The van der Waals surface area contributed by atoms with E-state index in [1.807, 2.05) is 30.6 Å². The summed E-state index contributed by atoms with van der Waals surface area (Å²) < 4.78 is 44.6. The molecule has 0 bridgehead atoms. The molecule has 5 rings (SSSR count). The average Bonchev–Trinajstić information content (AvgIpc) is 3.18. The molecule has 0 saturated carbocycles. The Bertz CT molecular complexity index is 1350. The van der Waals surface area contributed by atoms with Crippen molar-refractivity contribution in [3.8, 4) is 0 Å². The van der Waals surface area contributed by atoms with Gasteiger partial charge in [-0.05, 0) is 69.0 Å². The van der Waals surface area contributed by atoms with Crippen LogP contribution < -0.4 is 4.90 Å². The lowest BCUT2D eigenvalue weighted by Crippen LogP contribution is -2.59. The third-order valence-corrected chi connectivity index (χ3v) is 7.93. The van der Waals surface area contributed by atoms with Gasteiger partial charge in [0.25, 0.3) is 0 Å². The Kier molecular flexibility index (Phi) is 6.98. The van der Waals surface area contributed by atoms with Crippen LogP contribution in [0.25, 0.3) is 16.5 Å². The van der Waals surface area contributed by atoms with Gasteiger partial charge < -0.3 is 14.2 Å². The van der Waals surface area contributed by atoms with E-state index in [1.165, 1.54) is 17.2 Å². The summed E-state index contributed by atoms with van der Waals surface area (Å²) in [6.45, 7) is 10.9. The van der Waals surface area contributed by atoms with E-state index in [0.29, 0.717) is 38.5 Å². The highest BCUT2D eigenvalue weighted by molar-refractivity contribution is 5.86. The normalized spacial score (nSPS) is 21.2. The molecule has 1 fully saturated rings. The van der Waals surface area contributed by atoms with Gasteiger partial charge in [0.15, 0.2) is 0 Å². The number of furan rings is 1. The van der Waals surface area contributed by atoms with E-state index in [9.17, 15) is 18.0 Å². The van der Waals surface area contributed by atoms with Crippen molar-refractivity contribution in [1.29, 1.82) is 0 Å². The standard InChI is InChI=1S/C29H33F3N4O2/c1-18-15-35(27-8-6-24(14-33-27)29(30,31)32)16-19(2)36(18)17-28(37)34-11-9-22(10-12-34)23-5-7-25-20(3)21(4)38-26(25)13-23/h5-9,13-14,18-19H,10-12,15-17H2,1-4H3/t18-,19+. The summed E-state index contributed by atoms with van der Waals surface area (Å²) in [6.07, 6.45) is -0.602. The zero-order chi connectivity index (χ0) is 27.2. The molecule has 3 aromatic rings. The molecular weight excluding hydrogens is 493 g/mol. The van der Waals surface area contributed by atoms with Gasteiger partial charge in [-0.3, -0.25) is 9.69 Å². The average molecular weight is 527 g/mol. The molecule has 4 heterocycles. The van der Waals surface area contributed by atoms with Gasteiger partial charge in [0.1, 0.15) is 17.2 Å². The number of benzene rings is 1. The second-order valence-corrected chi connectivity index (χ2v) is 10.5. The minimum absolute atomic E-state index is 0.0506. The van der Waals surface area contributed by atoms with Crippen LogP contribution in [0.5, 0.6) is 0 Å². The molecule has 0 unspecified atom stereocenters. The number of piperazine rings is 1. The number of rotatable bonds is 4. The number of carbonyl (C=O) groups excluding carboxylic acids is 1. The zero-order valence-corrected chi connectivity index (χ0v) is 22.2. The van der Waals surface area contributed by atoms with E-state index >= 15 is 0 Å². The second kappa shape index (κ2) is 10.1. The van der Waals surface area contributed by atoms with E-state index < -0.39 is 11.7 Å². The van der Waals surface area contributed by atoms with Crippen molar-refractivity contribution >= 4 is 28.3 Å². The first-order chi connectivity index (χ1) is 18.0. The molecule has 9 heteroatoms. The van der Waals surface area contributed by atoms with Crippen molar-refractivity contribution in [3.63, 3.8) is 0 Å².